The van der Waals surface area contributed by atoms with Crippen LogP contribution < -0.4 is 0 Å². The molecule has 0 heterocycles. The van der Waals surface area contributed by atoms with Crippen LogP contribution in [0.15, 0.2) is 12.2 Å². The Morgan fingerprint density at radius 3 is 2.36 bits per heavy atom. The van der Waals surface area contributed by atoms with Crippen molar-refractivity contribution in [3.63, 3.8) is 0 Å². The molecule has 0 aliphatic carbocycles. The van der Waals surface area contributed by atoms with Crippen molar-refractivity contribution < 1.29 is 0 Å². The SMILES string of the molecule is C=C(CCC(C)=N)C(C)CC. The third-order valence-corrected chi connectivity index (χ3v) is 2.13. The van der Waals surface area contributed by atoms with E-state index in [1.165, 1.54) is 5.57 Å². The van der Waals surface area contributed by atoms with Gasteiger partial charge in [-0.15, -0.1) is 0 Å². The quantitative estimate of drug-likeness (QED) is 0.462. The van der Waals surface area contributed by atoms with Crippen molar-refractivity contribution in [1.29, 1.82) is 5.41 Å². The molecule has 0 saturated heterocycles. The average Bonchev–Trinajstić information content (AvgIpc) is 1.98. The van der Waals surface area contributed by atoms with E-state index in [1.807, 2.05) is 6.92 Å². The molecule has 1 heteroatoms. The highest BCUT2D eigenvalue weighted by Crippen LogP contribution is 2.16. The first-order valence-electron chi connectivity index (χ1n) is 4.29. The molecule has 0 rings (SSSR count). The van der Waals surface area contributed by atoms with Gasteiger partial charge in [-0.25, -0.2) is 0 Å². The largest absolute Gasteiger partial charge is 0.310 e. The minimum Gasteiger partial charge on any atom is -0.310 e. The van der Waals surface area contributed by atoms with Gasteiger partial charge in [0, 0.05) is 5.71 Å². The Balaban J connectivity index is 3.60. The predicted octanol–water partition coefficient (Wildman–Crippen LogP) is 3.41. The molecule has 0 aromatic carbocycles. The summed E-state index contributed by atoms with van der Waals surface area (Å²) in [7, 11) is 0. The van der Waals surface area contributed by atoms with Gasteiger partial charge in [-0.1, -0.05) is 26.0 Å². The van der Waals surface area contributed by atoms with E-state index in [0.29, 0.717) is 5.92 Å². The van der Waals surface area contributed by atoms with E-state index in [2.05, 4.69) is 20.4 Å². The highest BCUT2D eigenvalue weighted by atomic mass is 14.4. The maximum Gasteiger partial charge on any atom is 0.00614 e. The maximum atomic E-state index is 7.24. The Morgan fingerprint density at radius 1 is 1.45 bits per heavy atom. The fourth-order valence-electron chi connectivity index (χ4n) is 0.883. The molecule has 0 radical (unpaired) electrons. The van der Waals surface area contributed by atoms with Gasteiger partial charge in [-0.3, -0.25) is 0 Å². The van der Waals surface area contributed by atoms with E-state index in [9.17, 15) is 0 Å². The molecular formula is C10H19N. The number of nitrogens with one attached hydrogen (secondary N) is 1. The summed E-state index contributed by atoms with van der Waals surface area (Å²) in [4.78, 5) is 0. The zero-order chi connectivity index (χ0) is 8.85. The number of allylic oxidation sites excluding steroid dienone is 1. The van der Waals surface area contributed by atoms with Crippen molar-refractivity contribution in [3.8, 4) is 0 Å². The second-order valence-corrected chi connectivity index (χ2v) is 3.25. The zero-order valence-corrected chi connectivity index (χ0v) is 7.91. The van der Waals surface area contributed by atoms with E-state index in [1.54, 1.807) is 0 Å². The standard InChI is InChI=1S/C10H19N/c1-5-8(2)9(3)6-7-10(4)11/h8,11H,3,5-7H2,1-2,4H3. The summed E-state index contributed by atoms with van der Waals surface area (Å²) < 4.78 is 0. The van der Waals surface area contributed by atoms with Crippen LogP contribution in [0.3, 0.4) is 0 Å². The summed E-state index contributed by atoms with van der Waals surface area (Å²) >= 11 is 0. The first-order chi connectivity index (χ1) is 5.07. The van der Waals surface area contributed by atoms with Crippen molar-refractivity contribution in [2.75, 3.05) is 0 Å². The first-order valence-corrected chi connectivity index (χ1v) is 4.29. The van der Waals surface area contributed by atoms with E-state index < -0.39 is 0 Å². The molecule has 0 aliphatic heterocycles. The van der Waals surface area contributed by atoms with Crippen molar-refractivity contribution in [2.24, 2.45) is 5.92 Å². The van der Waals surface area contributed by atoms with Crippen LogP contribution in [0.1, 0.15) is 40.0 Å². The third kappa shape index (κ3) is 4.77. The van der Waals surface area contributed by atoms with Gasteiger partial charge in [0.05, 0.1) is 0 Å². The van der Waals surface area contributed by atoms with Crippen LogP contribution in [0.5, 0.6) is 0 Å². The average molecular weight is 153 g/mol. The molecule has 0 aromatic heterocycles. The summed E-state index contributed by atoms with van der Waals surface area (Å²) in [6, 6.07) is 0. The Hall–Kier alpha value is -0.590. The fraction of sp³-hybridized carbons (Fsp3) is 0.700. The van der Waals surface area contributed by atoms with E-state index >= 15 is 0 Å². The maximum absolute atomic E-state index is 7.24. The van der Waals surface area contributed by atoms with Crippen LogP contribution in [0.4, 0.5) is 0 Å². The summed E-state index contributed by atoms with van der Waals surface area (Å²) in [5.41, 5.74) is 2.05. The Kier molecular flexibility index (Phi) is 4.84. The predicted molar refractivity (Wildman–Crippen MR) is 51.2 cm³/mol. The topological polar surface area (TPSA) is 23.9 Å². The molecule has 64 valence electrons. The van der Waals surface area contributed by atoms with Gasteiger partial charge in [0.15, 0.2) is 0 Å². The minimum absolute atomic E-state index is 0.620. The molecule has 0 amide bonds. The van der Waals surface area contributed by atoms with Crippen molar-refractivity contribution in [2.45, 2.75) is 40.0 Å². The zero-order valence-electron chi connectivity index (χ0n) is 7.91. The third-order valence-electron chi connectivity index (χ3n) is 2.13. The van der Waals surface area contributed by atoms with Gasteiger partial charge >= 0.3 is 0 Å². The molecule has 0 bridgehead atoms. The molecule has 0 spiro atoms. The highest BCUT2D eigenvalue weighted by Gasteiger charge is 2.03. The number of hydrogen-bond donors (Lipinski definition) is 1. The minimum atomic E-state index is 0.620. The van der Waals surface area contributed by atoms with Gasteiger partial charge in [0.2, 0.25) is 0 Å². The second kappa shape index (κ2) is 5.11. The van der Waals surface area contributed by atoms with Crippen molar-refractivity contribution >= 4 is 5.71 Å². The van der Waals surface area contributed by atoms with Crippen LogP contribution in [0, 0.1) is 11.3 Å². The van der Waals surface area contributed by atoms with Crippen LogP contribution >= 0.6 is 0 Å². The van der Waals surface area contributed by atoms with Crippen LogP contribution in [-0.4, -0.2) is 5.71 Å². The lowest BCUT2D eigenvalue weighted by molar-refractivity contribution is 0.630. The first kappa shape index (κ1) is 10.4. The molecule has 11 heavy (non-hydrogen) atoms. The Bertz CT molecular complexity index is 147. The highest BCUT2D eigenvalue weighted by molar-refractivity contribution is 5.78. The van der Waals surface area contributed by atoms with Crippen LogP contribution in [0.25, 0.3) is 0 Å². The summed E-state index contributed by atoms with van der Waals surface area (Å²) in [6.45, 7) is 10.2. The summed E-state index contributed by atoms with van der Waals surface area (Å²) in [5, 5.41) is 7.24. The molecule has 1 nitrogen and oxygen atoms in total. The smallest absolute Gasteiger partial charge is 0.00614 e. The summed E-state index contributed by atoms with van der Waals surface area (Å²) in [5.74, 6) is 0.620. The van der Waals surface area contributed by atoms with Gasteiger partial charge < -0.3 is 5.41 Å². The lowest BCUT2D eigenvalue weighted by Gasteiger charge is -2.11. The van der Waals surface area contributed by atoms with E-state index in [4.69, 9.17) is 5.41 Å². The number of hydrogen-bond acceptors (Lipinski definition) is 1. The Labute approximate surface area is 70.0 Å². The number of rotatable bonds is 5. The van der Waals surface area contributed by atoms with E-state index in [0.717, 1.165) is 25.0 Å². The normalized spacial score (nSPS) is 12.6. The molecule has 1 N–H and O–H groups in total. The monoisotopic (exact) mass is 153 g/mol. The molecule has 0 aromatic rings. The van der Waals surface area contributed by atoms with Crippen molar-refractivity contribution in [3.05, 3.63) is 12.2 Å². The van der Waals surface area contributed by atoms with Crippen LogP contribution in [0.2, 0.25) is 0 Å². The molecule has 1 unspecified atom stereocenters. The van der Waals surface area contributed by atoms with Gasteiger partial charge in [0.25, 0.3) is 0 Å². The fourth-order valence-corrected chi connectivity index (χ4v) is 0.883. The van der Waals surface area contributed by atoms with Gasteiger partial charge in [-0.05, 0) is 32.1 Å². The molecule has 1 atom stereocenters. The summed E-state index contributed by atoms with van der Waals surface area (Å²) in [6.07, 6.45) is 3.03. The van der Waals surface area contributed by atoms with Gasteiger partial charge in [0.1, 0.15) is 0 Å². The molecule has 0 aliphatic rings. The molecule has 0 saturated carbocycles. The second-order valence-electron chi connectivity index (χ2n) is 3.25. The van der Waals surface area contributed by atoms with E-state index in [-0.39, 0.29) is 0 Å². The van der Waals surface area contributed by atoms with Gasteiger partial charge in [-0.2, -0.15) is 0 Å². The lowest BCUT2D eigenvalue weighted by atomic mass is 9.95. The molecule has 0 fully saturated rings. The molecular weight excluding hydrogens is 134 g/mol. The lowest BCUT2D eigenvalue weighted by Crippen LogP contribution is -1.98. The Morgan fingerprint density at radius 2 is 2.00 bits per heavy atom. The van der Waals surface area contributed by atoms with Crippen molar-refractivity contribution in [1.82, 2.24) is 0 Å². The van der Waals surface area contributed by atoms with Crippen LogP contribution in [-0.2, 0) is 0 Å².